The molecule has 0 aliphatic rings. The molecule has 1 amide bonds. The summed E-state index contributed by atoms with van der Waals surface area (Å²) in [4.78, 5) is 14.0. The average molecular weight is 399 g/mol. The maximum atomic E-state index is 12.4. The Labute approximate surface area is 170 Å². The lowest BCUT2D eigenvalue weighted by atomic mass is 10.1. The first kappa shape index (κ1) is 21.3. The number of rotatable bonds is 7. The second kappa shape index (κ2) is 9.82. The van der Waals surface area contributed by atoms with Crippen molar-refractivity contribution in [2.75, 3.05) is 14.2 Å². The number of carbonyl (C=O) groups excluding carboxylic acids is 1. The van der Waals surface area contributed by atoms with Gasteiger partial charge in [-0.25, -0.2) is 0 Å². The summed E-state index contributed by atoms with van der Waals surface area (Å²) in [5, 5.41) is 9.27. The number of benzene rings is 2. The van der Waals surface area contributed by atoms with Gasteiger partial charge in [-0.2, -0.15) is 5.26 Å². The topological polar surface area (TPSA) is 62.6 Å². The van der Waals surface area contributed by atoms with Crippen molar-refractivity contribution in [3.63, 3.8) is 0 Å². The molecule has 0 aliphatic carbocycles. The monoisotopic (exact) mass is 398 g/mol. The second-order valence-corrected chi connectivity index (χ2v) is 6.94. The summed E-state index contributed by atoms with van der Waals surface area (Å²) in [5.41, 5.74) is 2.27. The standard InChI is InChI=1S/C22H23ClN2O3/c1-15(2)28-22-19(23)11-18(12-20(22)27-4)9-10-21(26)25(3)14-17-7-5-16(13-24)6-8-17/h5-12,15H,14H2,1-4H3/b10-9+. The summed E-state index contributed by atoms with van der Waals surface area (Å²) >= 11 is 6.31. The van der Waals surface area contributed by atoms with Gasteiger partial charge < -0.3 is 14.4 Å². The van der Waals surface area contributed by atoms with Crippen molar-refractivity contribution in [3.8, 4) is 17.6 Å². The summed E-state index contributed by atoms with van der Waals surface area (Å²) in [5.74, 6) is 0.849. The van der Waals surface area contributed by atoms with Crippen LogP contribution in [0.4, 0.5) is 0 Å². The van der Waals surface area contributed by atoms with Crippen LogP contribution in [0.2, 0.25) is 5.02 Å². The van der Waals surface area contributed by atoms with E-state index in [0.29, 0.717) is 28.6 Å². The van der Waals surface area contributed by atoms with E-state index >= 15 is 0 Å². The number of methoxy groups -OCH3 is 1. The van der Waals surface area contributed by atoms with Crippen molar-refractivity contribution >= 4 is 23.6 Å². The van der Waals surface area contributed by atoms with Crippen molar-refractivity contribution in [2.24, 2.45) is 0 Å². The van der Waals surface area contributed by atoms with Gasteiger partial charge in [0.1, 0.15) is 0 Å². The molecule has 146 valence electrons. The molecule has 0 radical (unpaired) electrons. The van der Waals surface area contributed by atoms with Crippen LogP contribution in [0.15, 0.2) is 42.5 Å². The fourth-order valence-corrected chi connectivity index (χ4v) is 2.78. The van der Waals surface area contributed by atoms with Gasteiger partial charge in [0.15, 0.2) is 11.5 Å². The number of carbonyl (C=O) groups is 1. The Balaban J connectivity index is 2.10. The van der Waals surface area contributed by atoms with Crippen molar-refractivity contribution < 1.29 is 14.3 Å². The highest BCUT2D eigenvalue weighted by Gasteiger charge is 2.13. The molecule has 0 heterocycles. The van der Waals surface area contributed by atoms with Crippen molar-refractivity contribution in [2.45, 2.75) is 26.5 Å². The van der Waals surface area contributed by atoms with Crippen LogP contribution < -0.4 is 9.47 Å². The normalized spacial score (nSPS) is 10.8. The first-order chi connectivity index (χ1) is 13.3. The predicted octanol–water partition coefficient (Wildman–Crippen LogP) is 4.68. The Hall–Kier alpha value is -2.97. The highest BCUT2D eigenvalue weighted by molar-refractivity contribution is 6.32. The van der Waals surface area contributed by atoms with Gasteiger partial charge in [0.2, 0.25) is 5.91 Å². The summed E-state index contributed by atoms with van der Waals surface area (Å²) in [6.07, 6.45) is 3.13. The molecule has 0 spiro atoms. The van der Waals surface area contributed by atoms with E-state index in [2.05, 4.69) is 6.07 Å². The SMILES string of the molecule is COc1cc(/C=C/C(=O)N(C)Cc2ccc(C#N)cc2)cc(Cl)c1OC(C)C. The predicted molar refractivity (Wildman–Crippen MR) is 110 cm³/mol. The number of hydrogen-bond donors (Lipinski definition) is 0. The number of likely N-dealkylation sites (N-methyl/N-ethyl adjacent to an activating group) is 1. The number of nitrogens with zero attached hydrogens (tertiary/aromatic N) is 2. The Morgan fingerprint density at radius 2 is 1.96 bits per heavy atom. The molecule has 5 nitrogen and oxygen atoms in total. The Kier molecular flexibility index (Phi) is 7.48. The lowest BCUT2D eigenvalue weighted by Crippen LogP contribution is -2.24. The third-order valence-electron chi connectivity index (χ3n) is 3.90. The molecule has 28 heavy (non-hydrogen) atoms. The van der Waals surface area contributed by atoms with Gasteiger partial charge in [-0.15, -0.1) is 0 Å². The van der Waals surface area contributed by atoms with Crippen LogP contribution in [0, 0.1) is 11.3 Å². The van der Waals surface area contributed by atoms with Crippen molar-refractivity contribution in [1.29, 1.82) is 5.26 Å². The van der Waals surface area contributed by atoms with E-state index in [1.807, 2.05) is 26.0 Å². The maximum Gasteiger partial charge on any atom is 0.246 e. The van der Waals surface area contributed by atoms with Crippen LogP contribution in [0.3, 0.4) is 0 Å². The number of amides is 1. The van der Waals surface area contributed by atoms with Crippen molar-refractivity contribution in [3.05, 3.63) is 64.2 Å². The van der Waals surface area contributed by atoms with Crippen LogP contribution in [-0.4, -0.2) is 31.1 Å². The highest BCUT2D eigenvalue weighted by atomic mass is 35.5. The van der Waals surface area contributed by atoms with Gasteiger partial charge in [-0.1, -0.05) is 23.7 Å². The molecule has 2 rings (SSSR count). The summed E-state index contributed by atoms with van der Waals surface area (Å²) in [6.45, 7) is 4.26. The minimum Gasteiger partial charge on any atom is -0.493 e. The minimum atomic E-state index is -0.151. The van der Waals surface area contributed by atoms with E-state index in [9.17, 15) is 4.79 Å². The molecule has 0 aliphatic heterocycles. The van der Waals surface area contributed by atoms with Crippen LogP contribution in [-0.2, 0) is 11.3 Å². The molecular formula is C22H23ClN2O3. The summed E-state index contributed by atoms with van der Waals surface area (Å²) < 4.78 is 11.1. The van der Waals surface area contributed by atoms with E-state index in [1.165, 1.54) is 6.08 Å². The zero-order valence-electron chi connectivity index (χ0n) is 16.4. The fraction of sp³-hybridized carbons (Fsp3) is 0.273. The van der Waals surface area contributed by atoms with Crippen molar-refractivity contribution in [1.82, 2.24) is 4.90 Å². The number of halogens is 1. The molecule has 2 aromatic rings. The minimum absolute atomic E-state index is 0.0368. The molecule has 0 fully saturated rings. The third-order valence-corrected chi connectivity index (χ3v) is 4.18. The second-order valence-electron chi connectivity index (χ2n) is 6.54. The molecule has 0 atom stereocenters. The molecule has 6 heteroatoms. The molecule has 0 aromatic heterocycles. The summed E-state index contributed by atoms with van der Waals surface area (Å²) in [7, 11) is 3.26. The average Bonchev–Trinajstić information content (AvgIpc) is 2.68. The van der Waals surface area contributed by atoms with Crippen LogP contribution >= 0.6 is 11.6 Å². The first-order valence-corrected chi connectivity index (χ1v) is 9.18. The van der Waals surface area contributed by atoms with Crippen LogP contribution in [0.1, 0.15) is 30.5 Å². The van der Waals surface area contributed by atoms with Gasteiger partial charge in [-0.3, -0.25) is 4.79 Å². The van der Waals surface area contributed by atoms with E-state index in [0.717, 1.165) is 11.1 Å². The van der Waals surface area contributed by atoms with Gasteiger partial charge in [0.05, 0.1) is 29.9 Å². The molecule has 0 saturated heterocycles. The lowest BCUT2D eigenvalue weighted by molar-refractivity contribution is -0.125. The van der Waals surface area contributed by atoms with E-state index in [4.69, 9.17) is 26.3 Å². The molecule has 0 N–H and O–H groups in total. The first-order valence-electron chi connectivity index (χ1n) is 8.80. The van der Waals surface area contributed by atoms with E-state index < -0.39 is 0 Å². The van der Waals surface area contributed by atoms with Gasteiger partial charge >= 0.3 is 0 Å². The Morgan fingerprint density at radius 1 is 1.29 bits per heavy atom. The fourth-order valence-electron chi connectivity index (χ4n) is 2.52. The van der Waals surface area contributed by atoms with E-state index in [-0.39, 0.29) is 12.0 Å². The van der Waals surface area contributed by atoms with E-state index in [1.54, 1.807) is 49.4 Å². The van der Waals surface area contributed by atoms with Gasteiger partial charge in [0.25, 0.3) is 0 Å². The molecule has 0 bridgehead atoms. The zero-order valence-corrected chi connectivity index (χ0v) is 17.2. The van der Waals surface area contributed by atoms with Gasteiger partial charge in [0, 0.05) is 19.7 Å². The zero-order chi connectivity index (χ0) is 20.7. The smallest absolute Gasteiger partial charge is 0.246 e. The number of hydrogen-bond acceptors (Lipinski definition) is 4. The lowest BCUT2D eigenvalue weighted by Gasteiger charge is -2.16. The number of nitriles is 1. The molecule has 2 aromatic carbocycles. The number of ether oxygens (including phenoxy) is 2. The molecule has 0 unspecified atom stereocenters. The van der Waals surface area contributed by atoms with Gasteiger partial charge in [-0.05, 0) is 55.3 Å². The highest BCUT2D eigenvalue weighted by Crippen LogP contribution is 2.37. The third kappa shape index (κ3) is 5.77. The Morgan fingerprint density at radius 3 is 2.54 bits per heavy atom. The molecule has 0 saturated carbocycles. The van der Waals surface area contributed by atoms with Crippen LogP contribution in [0.25, 0.3) is 6.08 Å². The van der Waals surface area contributed by atoms with Crippen LogP contribution in [0.5, 0.6) is 11.5 Å². The Bertz CT molecular complexity index is 899. The quantitative estimate of drug-likeness (QED) is 0.635. The largest absolute Gasteiger partial charge is 0.493 e. The summed E-state index contributed by atoms with van der Waals surface area (Å²) in [6, 6.07) is 12.7. The molecular weight excluding hydrogens is 376 g/mol. The maximum absolute atomic E-state index is 12.4.